The number of amides is 1. The fourth-order valence-corrected chi connectivity index (χ4v) is 4.47. The summed E-state index contributed by atoms with van der Waals surface area (Å²) in [6.07, 6.45) is 2.26. The molecule has 3 fully saturated rings. The molecule has 0 spiro atoms. The van der Waals surface area contributed by atoms with Crippen molar-refractivity contribution in [3.63, 3.8) is 0 Å². The summed E-state index contributed by atoms with van der Waals surface area (Å²) < 4.78 is 33.5. The molecule has 2 atom stereocenters. The van der Waals surface area contributed by atoms with Crippen molar-refractivity contribution in [1.29, 1.82) is 0 Å². The fraction of sp³-hybridized carbons (Fsp3) is 0.636. The normalized spacial score (nSPS) is 25.4. The van der Waals surface area contributed by atoms with Gasteiger partial charge in [-0.15, -0.1) is 0 Å². The fourth-order valence-electron chi connectivity index (χ4n) is 4.47. The Morgan fingerprint density at radius 1 is 1.13 bits per heavy atom. The molecule has 3 aliphatic rings. The van der Waals surface area contributed by atoms with Gasteiger partial charge < -0.3 is 19.9 Å². The molecule has 1 aromatic carbocycles. The predicted molar refractivity (Wildman–Crippen MR) is 110 cm³/mol. The van der Waals surface area contributed by atoms with Crippen LogP contribution in [0.4, 0.5) is 8.78 Å². The number of halogens is 2. The standard InChI is InChI=1S/C22H30F2N4O2/c1-2-25-22(26-19-14-16(19)20-17(23)4-3-5-18(20)24)28-8-6-15(7-9-28)21(29)27-10-12-30-13-11-27/h3-5,15-16,19H,2,6-14H2,1H3,(H,25,26). The number of hydrogen-bond donors (Lipinski definition) is 1. The molecule has 0 radical (unpaired) electrons. The molecule has 0 bridgehead atoms. The number of ether oxygens (including phenoxy) is 1. The zero-order valence-corrected chi connectivity index (χ0v) is 17.4. The van der Waals surface area contributed by atoms with Crippen molar-refractivity contribution in [3.8, 4) is 0 Å². The number of nitrogens with zero attached hydrogens (tertiary/aromatic N) is 3. The molecule has 30 heavy (non-hydrogen) atoms. The highest BCUT2D eigenvalue weighted by Crippen LogP contribution is 2.43. The van der Waals surface area contributed by atoms with Gasteiger partial charge in [0.15, 0.2) is 5.96 Å². The summed E-state index contributed by atoms with van der Waals surface area (Å²) in [4.78, 5) is 21.4. The summed E-state index contributed by atoms with van der Waals surface area (Å²) in [5, 5.41) is 3.40. The number of piperidine rings is 1. The summed E-state index contributed by atoms with van der Waals surface area (Å²) in [5.41, 5.74) is 0.167. The van der Waals surface area contributed by atoms with Crippen LogP contribution in [0.2, 0.25) is 0 Å². The Labute approximate surface area is 176 Å². The third-order valence-electron chi connectivity index (χ3n) is 6.25. The third-order valence-corrected chi connectivity index (χ3v) is 6.25. The van der Waals surface area contributed by atoms with Crippen molar-refractivity contribution in [2.75, 3.05) is 45.9 Å². The van der Waals surface area contributed by atoms with E-state index in [1.54, 1.807) is 0 Å². The lowest BCUT2D eigenvalue weighted by Gasteiger charge is -2.37. The van der Waals surface area contributed by atoms with Gasteiger partial charge in [-0.1, -0.05) is 6.07 Å². The number of aliphatic imine (C=N–C) groups is 1. The molecule has 0 aromatic heterocycles. The van der Waals surface area contributed by atoms with Gasteiger partial charge in [0, 0.05) is 56.2 Å². The van der Waals surface area contributed by atoms with E-state index >= 15 is 0 Å². The minimum absolute atomic E-state index is 0.0191. The molecule has 2 saturated heterocycles. The van der Waals surface area contributed by atoms with Gasteiger partial charge in [0.1, 0.15) is 11.6 Å². The lowest BCUT2D eigenvalue weighted by atomic mass is 9.95. The Morgan fingerprint density at radius 3 is 2.43 bits per heavy atom. The molecule has 2 unspecified atom stereocenters. The highest BCUT2D eigenvalue weighted by molar-refractivity contribution is 5.82. The van der Waals surface area contributed by atoms with Crippen LogP contribution in [0.3, 0.4) is 0 Å². The van der Waals surface area contributed by atoms with E-state index in [1.165, 1.54) is 18.2 Å². The van der Waals surface area contributed by atoms with Crippen LogP contribution in [0.5, 0.6) is 0 Å². The molecule has 1 amide bonds. The molecule has 1 N–H and O–H groups in total. The molecule has 4 rings (SSSR count). The lowest BCUT2D eigenvalue weighted by Crippen LogP contribution is -2.50. The Bertz CT molecular complexity index is 769. The van der Waals surface area contributed by atoms with Crippen molar-refractivity contribution < 1.29 is 18.3 Å². The average molecular weight is 421 g/mol. The molecule has 1 aliphatic carbocycles. The average Bonchev–Trinajstić information content (AvgIpc) is 3.52. The molecule has 2 aliphatic heterocycles. The minimum Gasteiger partial charge on any atom is -0.378 e. The van der Waals surface area contributed by atoms with E-state index in [-0.39, 0.29) is 29.3 Å². The third kappa shape index (κ3) is 4.58. The van der Waals surface area contributed by atoms with Gasteiger partial charge in [-0.3, -0.25) is 9.79 Å². The molecule has 2 heterocycles. The molecule has 1 aromatic rings. The first kappa shape index (κ1) is 21.0. The van der Waals surface area contributed by atoms with Crippen molar-refractivity contribution in [2.24, 2.45) is 10.9 Å². The van der Waals surface area contributed by atoms with Gasteiger partial charge in [0.25, 0.3) is 0 Å². The number of likely N-dealkylation sites (tertiary alicyclic amines) is 1. The van der Waals surface area contributed by atoms with Crippen LogP contribution >= 0.6 is 0 Å². The van der Waals surface area contributed by atoms with Crippen LogP contribution < -0.4 is 5.32 Å². The predicted octanol–water partition coefficient (Wildman–Crippen LogP) is 2.36. The van der Waals surface area contributed by atoms with Gasteiger partial charge in [-0.25, -0.2) is 8.78 Å². The van der Waals surface area contributed by atoms with Gasteiger partial charge in [-0.05, 0) is 38.3 Å². The number of morpholine rings is 1. The molecular formula is C22H30F2N4O2. The van der Waals surface area contributed by atoms with Crippen molar-refractivity contribution in [2.45, 2.75) is 38.1 Å². The monoisotopic (exact) mass is 420 g/mol. The summed E-state index contributed by atoms with van der Waals surface area (Å²) >= 11 is 0. The summed E-state index contributed by atoms with van der Waals surface area (Å²) in [5.74, 6) is -0.0882. The number of carbonyl (C=O) groups is 1. The maximum atomic E-state index is 14.1. The van der Waals surface area contributed by atoms with E-state index in [4.69, 9.17) is 4.74 Å². The first-order valence-corrected chi connectivity index (χ1v) is 10.9. The van der Waals surface area contributed by atoms with Gasteiger partial charge in [0.2, 0.25) is 5.91 Å². The summed E-state index contributed by atoms with van der Waals surface area (Å²) in [7, 11) is 0. The molecule has 164 valence electrons. The summed E-state index contributed by atoms with van der Waals surface area (Å²) in [6, 6.07) is 4.00. The quantitative estimate of drug-likeness (QED) is 0.600. The van der Waals surface area contributed by atoms with Gasteiger partial charge in [-0.2, -0.15) is 0 Å². The molecule has 6 nitrogen and oxygen atoms in total. The topological polar surface area (TPSA) is 57.2 Å². The highest BCUT2D eigenvalue weighted by atomic mass is 19.1. The van der Waals surface area contributed by atoms with E-state index in [9.17, 15) is 13.6 Å². The van der Waals surface area contributed by atoms with E-state index in [2.05, 4.69) is 15.2 Å². The van der Waals surface area contributed by atoms with Gasteiger partial charge in [0.05, 0.1) is 13.2 Å². The second kappa shape index (κ2) is 9.29. The number of benzene rings is 1. The van der Waals surface area contributed by atoms with E-state index in [0.29, 0.717) is 39.3 Å². The maximum absolute atomic E-state index is 14.1. The minimum atomic E-state index is -0.485. The largest absolute Gasteiger partial charge is 0.378 e. The van der Waals surface area contributed by atoms with Crippen LogP contribution in [0.25, 0.3) is 0 Å². The van der Waals surface area contributed by atoms with Crippen LogP contribution in [0.15, 0.2) is 23.2 Å². The smallest absolute Gasteiger partial charge is 0.225 e. The van der Waals surface area contributed by atoms with Crippen molar-refractivity contribution in [1.82, 2.24) is 15.1 Å². The van der Waals surface area contributed by atoms with E-state index < -0.39 is 11.6 Å². The SMILES string of the molecule is CCN=C(NC1CC1c1c(F)cccc1F)N1CCC(C(=O)N2CCOCC2)CC1. The number of hydrogen-bond acceptors (Lipinski definition) is 3. The second-order valence-corrected chi connectivity index (χ2v) is 8.23. The number of rotatable bonds is 4. The van der Waals surface area contributed by atoms with Crippen molar-refractivity contribution >= 4 is 11.9 Å². The Hall–Kier alpha value is -2.22. The van der Waals surface area contributed by atoms with E-state index in [1.807, 2.05) is 11.8 Å². The number of nitrogens with one attached hydrogen (secondary N) is 1. The number of carbonyl (C=O) groups excluding carboxylic acids is 1. The lowest BCUT2D eigenvalue weighted by molar-refractivity contribution is -0.140. The van der Waals surface area contributed by atoms with Crippen molar-refractivity contribution in [3.05, 3.63) is 35.4 Å². The second-order valence-electron chi connectivity index (χ2n) is 8.23. The molecule has 1 saturated carbocycles. The summed E-state index contributed by atoms with van der Waals surface area (Å²) in [6.45, 7) is 6.69. The van der Waals surface area contributed by atoms with Crippen LogP contribution in [0.1, 0.15) is 37.7 Å². The first-order valence-electron chi connectivity index (χ1n) is 10.9. The molecule has 8 heteroatoms. The Balaban J connectivity index is 1.33. The maximum Gasteiger partial charge on any atom is 0.225 e. The zero-order valence-electron chi connectivity index (χ0n) is 17.4. The first-order chi connectivity index (χ1) is 14.6. The zero-order chi connectivity index (χ0) is 21.1. The Kier molecular flexibility index (Phi) is 6.51. The van der Waals surface area contributed by atoms with Gasteiger partial charge >= 0.3 is 0 Å². The van der Waals surface area contributed by atoms with Crippen LogP contribution in [0, 0.1) is 17.6 Å². The number of guanidine groups is 1. The van der Waals surface area contributed by atoms with E-state index in [0.717, 1.165) is 31.9 Å². The molecular weight excluding hydrogens is 390 g/mol. The highest BCUT2D eigenvalue weighted by Gasteiger charge is 2.43. The Morgan fingerprint density at radius 2 is 1.80 bits per heavy atom. The van der Waals surface area contributed by atoms with Crippen LogP contribution in [-0.2, 0) is 9.53 Å². The van der Waals surface area contributed by atoms with Crippen LogP contribution in [-0.4, -0.2) is 73.6 Å².